The van der Waals surface area contributed by atoms with E-state index in [-0.39, 0.29) is 30.7 Å². The Kier molecular flexibility index (Phi) is 6.22. The first-order valence-corrected chi connectivity index (χ1v) is 8.41. The number of carbonyl (C=O) groups excluding carboxylic acids is 1. The maximum atomic E-state index is 12.4. The number of rotatable bonds is 5. The number of amides is 1. The number of anilines is 1. The molecule has 0 saturated carbocycles. The number of pyridine rings is 1. The van der Waals surface area contributed by atoms with Crippen LogP contribution in [0.2, 0.25) is 0 Å². The molecule has 10 heteroatoms. The summed E-state index contributed by atoms with van der Waals surface area (Å²) in [5.74, 6) is 0.274. The molecule has 0 saturated heterocycles. The van der Waals surface area contributed by atoms with Crippen molar-refractivity contribution in [1.29, 1.82) is 0 Å². The van der Waals surface area contributed by atoms with Gasteiger partial charge in [-0.3, -0.25) is 9.78 Å². The van der Waals surface area contributed by atoms with Crippen molar-refractivity contribution >= 4 is 24.0 Å². The second kappa shape index (κ2) is 9.00. The average molecular weight is 410 g/mol. The Labute approximate surface area is 171 Å². The number of aromatic nitrogens is 5. The van der Waals surface area contributed by atoms with Crippen LogP contribution in [-0.4, -0.2) is 31.2 Å². The van der Waals surface area contributed by atoms with Crippen molar-refractivity contribution in [3.63, 3.8) is 0 Å². The quantitative estimate of drug-likeness (QED) is 0.514. The third-order valence-corrected chi connectivity index (χ3v) is 3.86. The molecule has 0 atom stereocenters. The van der Waals surface area contributed by atoms with Gasteiger partial charge in [-0.1, -0.05) is 11.2 Å². The van der Waals surface area contributed by atoms with Crippen molar-refractivity contribution < 1.29 is 9.32 Å². The van der Waals surface area contributed by atoms with E-state index in [1.54, 1.807) is 54.9 Å². The number of hydrogen-bond acceptors (Lipinski definition) is 8. The van der Waals surface area contributed by atoms with Gasteiger partial charge in [-0.25, -0.2) is 0 Å². The summed E-state index contributed by atoms with van der Waals surface area (Å²) in [6.45, 7) is 0.283. The topological polar surface area (TPSA) is 133 Å². The van der Waals surface area contributed by atoms with Crippen molar-refractivity contribution in [2.75, 3.05) is 5.32 Å². The zero-order valence-electron chi connectivity index (χ0n) is 15.0. The molecule has 9 nitrogen and oxygen atoms in total. The average Bonchev–Trinajstić information content (AvgIpc) is 3.25. The second-order valence-corrected chi connectivity index (χ2v) is 5.82. The fourth-order valence-corrected chi connectivity index (χ4v) is 2.56. The van der Waals surface area contributed by atoms with Crippen molar-refractivity contribution in [2.24, 2.45) is 5.73 Å². The highest BCUT2D eigenvalue weighted by Gasteiger charge is 2.14. The Balaban J connectivity index is 0.00000240. The summed E-state index contributed by atoms with van der Waals surface area (Å²) in [6, 6.07) is 13.9. The van der Waals surface area contributed by atoms with Gasteiger partial charge < -0.3 is 15.6 Å². The summed E-state index contributed by atoms with van der Waals surface area (Å²) in [5.41, 5.74) is 8.58. The molecule has 1 aromatic carbocycles. The summed E-state index contributed by atoms with van der Waals surface area (Å²) in [4.78, 5) is 20.8. The minimum atomic E-state index is -0.327. The van der Waals surface area contributed by atoms with E-state index in [1.165, 1.54) is 0 Å². The highest BCUT2D eigenvalue weighted by Crippen LogP contribution is 2.25. The summed E-state index contributed by atoms with van der Waals surface area (Å²) >= 11 is 0. The summed E-state index contributed by atoms with van der Waals surface area (Å²) in [5, 5.41) is 14.5. The fraction of sp³-hybridized carbons (Fsp3) is 0.0526. The van der Waals surface area contributed by atoms with Crippen LogP contribution >= 0.6 is 12.4 Å². The van der Waals surface area contributed by atoms with Crippen LogP contribution in [0, 0.1) is 0 Å². The van der Waals surface area contributed by atoms with Gasteiger partial charge in [0, 0.05) is 30.2 Å². The smallest absolute Gasteiger partial charge is 0.274 e. The van der Waals surface area contributed by atoms with Crippen LogP contribution in [0.4, 0.5) is 5.69 Å². The highest BCUT2D eigenvalue weighted by molar-refractivity contribution is 6.03. The molecule has 0 aliphatic heterocycles. The molecule has 0 spiro atoms. The van der Waals surface area contributed by atoms with E-state index in [0.717, 1.165) is 5.56 Å². The van der Waals surface area contributed by atoms with Crippen molar-refractivity contribution in [1.82, 2.24) is 25.3 Å². The van der Waals surface area contributed by atoms with E-state index < -0.39 is 0 Å². The maximum Gasteiger partial charge on any atom is 0.274 e. The van der Waals surface area contributed by atoms with Crippen molar-refractivity contribution in [3.05, 3.63) is 72.2 Å². The van der Waals surface area contributed by atoms with Gasteiger partial charge in [-0.15, -0.1) is 17.5 Å². The number of hydrogen-bond donors (Lipinski definition) is 2. The molecule has 0 bridgehead atoms. The number of benzene rings is 1. The molecule has 0 unspecified atom stereocenters. The molecule has 0 aliphatic rings. The molecule has 0 fully saturated rings. The Morgan fingerprint density at radius 2 is 2.00 bits per heavy atom. The Morgan fingerprint density at radius 3 is 2.72 bits per heavy atom. The van der Waals surface area contributed by atoms with Crippen LogP contribution in [0.1, 0.15) is 16.1 Å². The first kappa shape index (κ1) is 20.1. The number of nitrogens with zero attached hydrogens (tertiary/aromatic N) is 5. The lowest BCUT2D eigenvalue weighted by Crippen LogP contribution is -2.13. The fourth-order valence-electron chi connectivity index (χ4n) is 2.56. The molecule has 0 aliphatic carbocycles. The molecule has 4 aromatic rings. The van der Waals surface area contributed by atoms with E-state index >= 15 is 0 Å². The zero-order valence-corrected chi connectivity index (χ0v) is 15.8. The Bertz CT molecular complexity index is 1100. The van der Waals surface area contributed by atoms with Gasteiger partial charge in [0.15, 0.2) is 0 Å². The first-order valence-electron chi connectivity index (χ1n) is 8.41. The molecule has 0 radical (unpaired) electrons. The molecule has 3 N–H and O–H groups in total. The Morgan fingerprint density at radius 1 is 1.10 bits per heavy atom. The van der Waals surface area contributed by atoms with E-state index in [9.17, 15) is 4.79 Å². The van der Waals surface area contributed by atoms with Crippen LogP contribution in [0.15, 0.2) is 65.4 Å². The summed E-state index contributed by atoms with van der Waals surface area (Å²) < 4.78 is 5.35. The molecular formula is C19H16ClN7O2. The van der Waals surface area contributed by atoms with Gasteiger partial charge in [-0.2, -0.15) is 10.1 Å². The van der Waals surface area contributed by atoms with Crippen molar-refractivity contribution in [2.45, 2.75) is 6.54 Å². The number of carbonyl (C=O) groups is 1. The predicted molar refractivity (Wildman–Crippen MR) is 108 cm³/mol. The number of nitrogens with one attached hydrogen (secondary N) is 1. The second-order valence-electron chi connectivity index (χ2n) is 5.82. The molecule has 3 heterocycles. The van der Waals surface area contributed by atoms with Gasteiger partial charge in [0.1, 0.15) is 11.4 Å². The van der Waals surface area contributed by atoms with E-state index in [4.69, 9.17) is 10.3 Å². The predicted octanol–water partition coefficient (Wildman–Crippen LogP) is 2.72. The third kappa shape index (κ3) is 4.60. The monoisotopic (exact) mass is 409 g/mol. The SMILES string of the molecule is Cl.NCc1cc(NC(=O)c2ccccn2)cc(-c2nc(-c3cccnn3)no2)c1. The summed E-state index contributed by atoms with van der Waals surface area (Å²) in [6.07, 6.45) is 3.12. The van der Waals surface area contributed by atoms with Gasteiger partial charge in [0.2, 0.25) is 5.82 Å². The van der Waals surface area contributed by atoms with Crippen LogP contribution in [0.5, 0.6) is 0 Å². The minimum absolute atomic E-state index is 0. The normalized spacial score (nSPS) is 10.2. The van der Waals surface area contributed by atoms with E-state index in [0.29, 0.717) is 28.5 Å². The van der Waals surface area contributed by atoms with Crippen LogP contribution in [-0.2, 0) is 6.54 Å². The molecule has 4 rings (SSSR count). The van der Waals surface area contributed by atoms with E-state index in [2.05, 4.69) is 30.6 Å². The van der Waals surface area contributed by atoms with Gasteiger partial charge in [-0.05, 0) is 48.0 Å². The third-order valence-electron chi connectivity index (χ3n) is 3.86. The molecular weight excluding hydrogens is 394 g/mol. The largest absolute Gasteiger partial charge is 0.334 e. The standard InChI is InChI=1S/C19H15N7O2.ClH/c20-11-12-8-13(19-24-17(26-28-19)15-5-3-7-22-25-15)10-14(9-12)23-18(27)16-4-1-2-6-21-16;/h1-10H,11,20H2,(H,23,27);1H. The lowest BCUT2D eigenvalue weighted by atomic mass is 10.1. The van der Waals surface area contributed by atoms with Gasteiger partial charge in [0.05, 0.1) is 0 Å². The molecule has 1 amide bonds. The number of halogens is 1. The van der Waals surface area contributed by atoms with Crippen LogP contribution < -0.4 is 11.1 Å². The lowest BCUT2D eigenvalue weighted by molar-refractivity contribution is 0.102. The highest BCUT2D eigenvalue weighted by atomic mass is 35.5. The van der Waals surface area contributed by atoms with Crippen LogP contribution in [0.3, 0.4) is 0 Å². The van der Waals surface area contributed by atoms with E-state index in [1.807, 2.05) is 6.07 Å². The van der Waals surface area contributed by atoms with Gasteiger partial charge >= 0.3 is 0 Å². The van der Waals surface area contributed by atoms with Crippen molar-refractivity contribution in [3.8, 4) is 23.0 Å². The number of nitrogens with two attached hydrogens (primary N) is 1. The molecule has 29 heavy (non-hydrogen) atoms. The zero-order chi connectivity index (χ0) is 19.3. The lowest BCUT2D eigenvalue weighted by Gasteiger charge is -2.08. The molecule has 146 valence electrons. The van der Waals surface area contributed by atoms with Crippen LogP contribution in [0.25, 0.3) is 23.0 Å². The Hall–Kier alpha value is -3.69. The maximum absolute atomic E-state index is 12.4. The molecule has 3 aromatic heterocycles. The first-order chi connectivity index (χ1) is 13.7. The minimum Gasteiger partial charge on any atom is -0.334 e. The van der Waals surface area contributed by atoms with Gasteiger partial charge in [0.25, 0.3) is 11.8 Å². The summed E-state index contributed by atoms with van der Waals surface area (Å²) in [7, 11) is 0.